The topological polar surface area (TPSA) is 63.2 Å². The van der Waals surface area contributed by atoms with Gasteiger partial charge in [0, 0.05) is 24.8 Å². The average molecular weight is 279 g/mol. The van der Waals surface area contributed by atoms with E-state index in [0.29, 0.717) is 5.92 Å². The van der Waals surface area contributed by atoms with Gasteiger partial charge < -0.3 is 15.4 Å². The molecule has 0 aromatic carbocycles. The number of fused-ring (bicyclic) bond motifs is 1. The van der Waals surface area contributed by atoms with Gasteiger partial charge in [-0.05, 0) is 31.7 Å². The van der Waals surface area contributed by atoms with Crippen molar-refractivity contribution in [2.24, 2.45) is 5.92 Å². The van der Waals surface area contributed by atoms with Crippen LogP contribution in [-0.2, 0) is 4.74 Å². The summed E-state index contributed by atoms with van der Waals surface area (Å²) in [5, 5.41) is 5.48. The van der Waals surface area contributed by atoms with Gasteiger partial charge in [0.05, 0.1) is 18.0 Å². The molecule has 1 saturated carbocycles. The number of amides is 2. The van der Waals surface area contributed by atoms with E-state index in [-0.39, 0.29) is 23.9 Å². The number of ether oxygens (including phenoxy) is 1. The van der Waals surface area contributed by atoms with Gasteiger partial charge in [0.2, 0.25) is 0 Å². The Morgan fingerprint density at radius 3 is 3.15 bits per heavy atom. The molecule has 108 valence electrons. The lowest BCUT2D eigenvalue weighted by atomic mass is 9.82. The summed E-state index contributed by atoms with van der Waals surface area (Å²) in [7, 11) is 0. The minimum Gasteiger partial charge on any atom is -0.378 e. The van der Waals surface area contributed by atoms with Gasteiger partial charge in [-0.1, -0.05) is 0 Å². The molecule has 1 aliphatic heterocycles. The molecule has 2 amide bonds. The Hall–Kier alpha value is -1.69. The van der Waals surface area contributed by atoms with Gasteiger partial charge in [-0.15, -0.1) is 0 Å². The number of anilines is 1. The number of hydrogen-bond donors (Lipinski definition) is 2. The van der Waals surface area contributed by atoms with Crippen molar-refractivity contribution >= 4 is 11.7 Å². The van der Waals surface area contributed by atoms with Gasteiger partial charge in [0.1, 0.15) is 0 Å². The maximum atomic E-state index is 13.4. The number of pyridine rings is 1. The zero-order chi connectivity index (χ0) is 13.9. The molecule has 2 fully saturated rings. The highest BCUT2D eigenvalue weighted by atomic mass is 19.1. The summed E-state index contributed by atoms with van der Waals surface area (Å²) in [5.74, 6) is -0.148. The van der Waals surface area contributed by atoms with E-state index >= 15 is 0 Å². The first kappa shape index (κ1) is 13.3. The number of aromatic nitrogens is 1. The number of rotatable bonds is 2. The number of urea groups is 1. The van der Waals surface area contributed by atoms with E-state index in [1.165, 1.54) is 12.3 Å². The fourth-order valence-corrected chi connectivity index (χ4v) is 3.16. The van der Waals surface area contributed by atoms with Crippen LogP contribution in [0, 0.1) is 11.7 Å². The van der Waals surface area contributed by atoms with Crippen molar-refractivity contribution in [1.82, 2.24) is 10.3 Å². The molecule has 0 bridgehead atoms. The van der Waals surface area contributed by atoms with Gasteiger partial charge in [-0.2, -0.15) is 0 Å². The average Bonchev–Trinajstić information content (AvgIpc) is 2.91. The Balaban J connectivity index is 1.60. The van der Waals surface area contributed by atoms with E-state index < -0.39 is 5.82 Å². The van der Waals surface area contributed by atoms with E-state index in [1.54, 1.807) is 0 Å². The molecule has 1 aromatic heterocycles. The monoisotopic (exact) mass is 279 g/mol. The van der Waals surface area contributed by atoms with Gasteiger partial charge in [0.15, 0.2) is 5.82 Å². The summed E-state index contributed by atoms with van der Waals surface area (Å²) in [4.78, 5) is 15.6. The first-order valence-electron chi connectivity index (χ1n) is 7.02. The van der Waals surface area contributed by atoms with Crippen molar-refractivity contribution in [2.45, 2.75) is 37.8 Å². The second-order valence-electron chi connectivity index (χ2n) is 5.35. The van der Waals surface area contributed by atoms with Gasteiger partial charge in [-0.3, -0.25) is 4.98 Å². The molecule has 0 radical (unpaired) electrons. The first-order chi connectivity index (χ1) is 9.74. The van der Waals surface area contributed by atoms with Crippen molar-refractivity contribution < 1.29 is 13.9 Å². The molecule has 3 atom stereocenters. The standard InChI is InChI=1S/C14H18FN3O2/c15-10-8-16-6-4-12(10)18-14(19)17-11-2-1-3-13-9(11)5-7-20-13/h4,6,8-9,11,13H,1-3,5,7H2,(H2,16,17,18,19)/t9-,11+,13-/m0/s1. The maximum Gasteiger partial charge on any atom is 0.319 e. The third-order valence-corrected chi connectivity index (χ3v) is 4.12. The highest BCUT2D eigenvalue weighted by Gasteiger charge is 2.38. The summed E-state index contributed by atoms with van der Waals surface area (Å²) in [6, 6.07) is 1.19. The van der Waals surface area contributed by atoms with E-state index in [9.17, 15) is 9.18 Å². The van der Waals surface area contributed by atoms with Crippen LogP contribution in [0.3, 0.4) is 0 Å². The minimum absolute atomic E-state index is 0.112. The molecule has 2 aliphatic rings. The maximum absolute atomic E-state index is 13.4. The lowest BCUT2D eigenvalue weighted by Gasteiger charge is -2.33. The van der Waals surface area contributed by atoms with Crippen LogP contribution in [0.25, 0.3) is 0 Å². The number of carbonyl (C=O) groups is 1. The fourth-order valence-electron chi connectivity index (χ4n) is 3.16. The van der Waals surface area contributed by atoms with Crippen LogP contribution in [0.5, 0.6) is 0 Å². The van der Waals surface area contributed by atoms with Gasteiger partial charge in [0.25, 0.3) is 0 Å². The number of nitrogens with one attached hydrogen (secondary N) is 2. The highest BCUT2D eigenvalue weighted by molar-refractivity contribution is 5.89. The molecule has 2 heterocycles. The zero-order valence-electron chi connectivity index (χ0n) is 11.1. The predicted molar refractivity (Wildman–Crippen MR) is 71.8 cm³/mol. The Morgan fingerprint density at radius 2 is 2.30 bits per heavy atom. The normalized spacial score (nSPS) is 28.8. The summed E-state index contributed by atoms with van der Waals surface area (Å²) in [6.07, 6.45) is 6.86. The van der Waals surface area contributed by atoms with E-state index in [2.05, 4.69) is 15.6 Å². The number of nitrogens with zero attached hydrogens (tertiary/aromatic N) is 1. The fraction of sp³-hybridized carbons (Fsp3) is 0.571. The van der Waals surface area contributed by atoms with Gasteiger partial charge in [-0.25, -0.2) is 9.18 Å². The second-order valence-corrected chi connectivity index (χ2v) is 5.35. The number of halogens is 1. The molecule has 0 unspecified atom stereocenters. The molecule has 5 nitrogen and oxygen atoms in total. The summed E-state index contributed by atoms with van der Waals surface area (Å²) in [5.41, 5.74) is 0.146. The molecule has 1 aromatic rings. The SMILES string of the molecule is O=C(Nc1ccncc1F)N[C@@H]1CCC[C@@H]2OCC[C@H]21. The molecule has 20 heavy (non-hydrogen) atoms. The Labute approximate surface area is 116 Å². The summed E-state index contributed by atoms with van der Waals surface area (Å²) < 4.78 is 19.1. The van der Waals surface area contributed by atoms with Crippen LogP contribution in [0.2, 0.25) is 0 Å². The quantitative estimate of drug-likeness (QED) is 0.873. The van der Waals surface area contributed by atoms with E-state index in [4.69, 9.17) is 4.74 Å². The van der Waals surface area contributed by atoms with Crippen LogP contribution in [0.1, 0.15) is 25.7 Å². The Morgan fingerprint density at radius 1 is 1.40 bits per heavy atom. The van der Waals surface area contributed by atoms with Gasteiger partial charge >= 0.3 is 6.03 Å². The molecular weight excluding hydrogens is 261 g/mol. The summed E-state index contributed by atoms with van der Waals surface area (Å²) in [6.45, 7) is 0.772. The third kappa shape index (κ3) is 2.75. The second kappa shape index (κ2) is 5.75. The van der Waals surface area contributed by atoms with Crippen LogP contribution < -0.4 is 10.6 Å². The van der Waals surface area contributed by atoms with Crippen molar-refractivity contribution in [3.8, 4) is 0 Å². The lowest BCUT2D eigenvalue weighted by Crippen LogP contribution is -2.47. The Kier molecular flexibility index (Phi) is 3.82. The predicted octanol–water partition coefficient (Wildman–Crippen LogP) is 2.30. The van der Waals surface area contributed by atoms with E-state index in [1.807, 2.05) is 0 Å². The molecule has 0 spiro atoms. The smallest absolute Gasteiger partial charge is 0.319 e. The molecule has 6 heteroatoms. The Bertz CT molecular complexity index is 497. The number of hydrogen-bond acceptors (Lipinski definition) is 3. The van der Waals surface area contributed by atoms with E-state index in [0.717, 1.165) is 38.5 Å². The molecule has 1 saturated heterocycles. The zero-order valence-corrected chi connectivity index (χ0v) is 11.1. The number of carbonyl (C=O) groups excluding carboxylic acids is 1. The van der Waals surface area contributed by atoms with Crippen molar-refractivity contribution in [3.63, 3.8) is 0 Å². The van der Waals surface area contributed by atoms with Crippen molar-refractivity contribution in [3.05, 3.63) is 24.3 Å². The molecule has 3 rings (SSSR count). The largest absolute Gasteiger partial charge is 0.378 e. The van der Waals surface area contributed by atoms with Crippen LogP contribution >= 0.6 is 0 Å². The lowest BCUT2D eigenvalue weighted by molar-refractivity contribution is 0.0553. The molecular formula is C14H18FN3O2. The van der Waals surface area contributed by atoms with Crippen LogP contribution in [0.15, 0.2) is 18.5 Å². The molecule has 1 aliphatic carbocycles. The summed E-state index contributed by atoms with van der Waals surface area (Å²) >= 11 is 0. The third-order valence-electron chi connectivity index (χ3n) is 4.12. The first-order valence-corrected chi connectivity index (χ1v) is 7.02. The van der Waals surface area contributed by atoms with Crippen LogP contribution in [0.4, 0.5) is 14.9 Å². The van der Waals surface area contributed by atoms with Crippen LogP contribution in [-0.4, -0.2) is 29.8 Å². The highest BCUT2D eigenvalue weighted by Crippen LogP contribution is 2.34. The van der Waals surface area contributed by atoms with Crippen molar-refractivity contribution in [1.29, 1.82) is 0 Å². The molecule has 2 N–H and O–H groups in total. The minimum atomic E-state index is -0.534. The van der Waals surface area contributed by atoms with Crippen molar-refractivity contribution in [2.75, 3.05) is 11.9 Å².